The fourth-order valence-corrected chi connectivity index (χ4v) is 2.50. The molecular weight excluding hydrogens is 270 g/mol. The molecule has 5 heteroatoms. The fourth-order valence-electron chi connectivity index (χ4n) is 2.50. The van der Waals surface area contributed by atoms with E-state index in [4.69, 9.17) is 0 Å². The maximum Gasteiger partial charge on any atom is 0.261 e. The highest BCUT2D eigenvalue weighted by Gasteiger charge is 2.35. The average Bonchev–Trinajstić information content (AvgIpc) is 2.73. The number of carbonyl (C=O) groups excluding carboxylic acids is 2. The predicted octanol–water partition coefficient (Wildman–Crippen LogP) is 1.68. The van der Waals surface area contributed by atoms with Gasteiger partial charge in [-0.25, -0.2) is 0 Å². The van der Waals surface area contributed by atoms with Crippen molar-refractivity contribution in [2.24, 2.45) is 0 Å². The van der Waals surface area contributed by atoms with Crippen LogP contribution in [0.4, 0.5) is 0 Å². The number of aliphatic hydroxyl groups excluding tert-OH is 1. The molecule has 0 atom stereocenters. The highest BCUT2D eigenvalue weighted by molar-refractivity contribution is 6.21. The third-order valence-corrected chi connectivity index (χ3v) is 3.61. The Morgan fingerprint density at radius 3 is 2.10 bits per heavy atom. The normalized spacial score (nSPS) is 13.7. The molecule has 0 saturated heterocycles. The molecule has 1 aliphatic heterocycles. The van der Waals surface area contributed by atoms with Crippen molar-refractivity contribution in [3.05, 3.63) is 64.7 Å². The molecule has 2 aromatic rings. The lowest BCUT2D eigenvalue weighted by molar-refractivity contribution is 0.0641. The fraction of sp³-hybridized carbons (Fsp3) is 0.125. The van der Waals surface area contributed by atoms with Crippen molar-refractivity contribution in [1.29, 1.82) is 0 Å². The lowest BCUT2D eigenvalue weighted by Gasteiger charge is -2.16. The molecule has 2 N–H and O–H groups in total. The van der Waals surface area contributed by atoms with Crippen LogP contribution in [0.25, 0.3) is 0 Å². The van der Waals surface area contributed by atoms with Gasteiger partial charge in [0.2, 0.25) is 0 Å². The van der Waals surface area contributed by atoms with Gasteiger partial charge in [-0.2, -0.15) is 0 Å². The zero-order chi connectivity index (χ0) is 15.0. The number of rotatable bonds is 3. The number of phenols is 1. The predicted molar refractivity (Wildman–Crippen MR) is 74.7 cm³/mol. The summed E-state index contributed by atoms with van der Waals surface area (Å²) in [4.78, 5) is 25.7. The second-order valence-electron chi connectivity index (χ2n) is 4.81. The molecular formula is C16H13NO4. The van der Waals surface area contributed by atoms with Crippen molar-refractivity contribution in [2.75, 3.05) is 0 Å². The summed E-state index contributed by atoms with van der Waals surface area (Å²) in [6.45, 7) is -0.332. The Balaban J connectivity index is 1.96. The molecule has 0 spiro atoms. The molecule has 0 radical (unpaired) electrons. The molecule has 1 aliphatic rings. The molecule has 0 aliphatic carbocycles. The minimum absolute atomic E-state index is 0.0244. The summed E-state index contributed by atoms with van der Waals surface area (Å²) in [5.41, 5.74) is 1.64. The van der Waals surface area contributed by atoms with Gasteiger partial charge in [-0.05, 0) is 23.8 Å². The van der Waals surface area contributed by atoms with Crippen LogP contribution < -0.4 is 0 Å². The second-order valence-corrected chi connectivity index (χ2v) is 4.81. The summed E-state index contributed by atoms with van der Waals surface area (Å²) in [5.74, 6) is -0.766. The number of aliphatic hydroxyl groups is 1. The molecule has 106 valence electrons. The van der Waals surface area contributed by atoms with E-state index >= 15 is 0 Å². The van der Waals surface area contributed by atoms with E-state index < -0.39 is 0 Å². The Hall–Kier alpha value is -2.66. The van der Waals surface area contributed by atoms with Gasteiger partial charge < -0.3 is 10.2 Å². The molecule has 2 amide bonds. The van der Waals surface area contributed by atoms with Crippen LogP contribution in [-0.4, -0.2) is 26.9 Å². The van der Waals surface area contributed by atoms with Gasteiger partial charge >= 0.3 is 0 Å². The molecule has 0 bridgehead atoms. The molecule has 2 aromatic carbocycles. The van der Waals surface area contributed by atoms with Crippen LogP contribution in [0.5, 0.6) is 5.75 Å². The third-order valence-electron chi connectivity index (χ3n) is 3.61. The van der Waals surface area contributed by atoms with Gasteiger partial charge in [0.15, 0.2) is 0 Å². The van der Waals surface area contributed by atoms with E-state index in [-0.39, 0.29) is 30.7 Å². The van der Waals surface area contributed by atoms with Crippen molar-refractivity contribution >= 4 is 11.8 Å². The SMILES string of the molecule is O=C1c2ccccc2C(=O)N1Cc1cccc(O)c1CO. The summed E-state index contributed by atoms with van der Waals surface area (Å²) < 4.78 is 0. The van der Waals surface area contributed by atoms with E-state index in [1.165, 1.54) is 6.07 Å². The van der Waals surface area contributed by atoms with E-state index in [2.05, 4.69) is 0 Å². The number of amides is 2. The van der Waals surface area contributed by atoms with Gasteiger partial charge in [-0.15, -0.1) is 0 Å². The van der Waals surface area contributed by atoms with Crippen LogP contribution in [0.15, 0.2) is 42.5 Å². The summed E-state index contributed by atoms with van der Waals surface area (Å²) in [6, 6.07) is 11.4. The summed E-state index contributed by atoms with van der Waals surface area (Å²) >= 11 is 0. The van der Waals surface area contributed by atoms with Gasteiger partial charge in [0.05, 0.1) is 24.3 Å². The molecule has 5 nitrogen and oxygen atoms in total. The summed E-state index contributed by atoms with van der Waals surface area (Å²) in [6.07, 6.45) is 0. The number of nitrogens with zero attached hydrogens (tertiary/aromatic N) is 1. The second kappa shape index (κ2) is 5.03. The van der Waals surface area contributed by atoms with Gasteiger partial charge in [0, 0.05) is 5.56 Å². The largest absolute Gasteiger partial charge is 0.508 e. The smallest absolute Gasteiger partial charge is 0.261 e. The van der Waals surface area contributed by atoms with E-state index in [0.717, 1.165) is 4.90 Å². The van der Waals surface area contributed by atoms with Gasteiger partial charge in [0.25, 0.3) is 11.8 Å². The first-order valence-electron chi connectivity index (χ1n) is 6.49. The van der Waals surface area contributed by atoms with Crippen LogP contribution in [0.1, 0.15) is 31.8 Å². The number of carbonyl (C=O) groups is 2. The zero-order valence-corrected chi connectivity index (χ0v) is 11.1. The van der Waals surface area contributed by atoms with Crippen LogP contribution in [0.3, 0.4) is 0 Å². The maximum absolute atomic E-state index is 12.3. The minimum atomic E-state index is -0.358. The number of imide groups is 1. The van der Waals surface area contributed by atoms with Crippen molar-refractivity contribution in [1.82, 2.24) is 4.90 Å². The first-order valence-corrected chi connectivity index (χ1v) is 6.49. The molecule has 1 heterocycles. The van der Waals surface area contributed by atoms with Gasteiger partial charge in [-0.1, -0.05) is 24.3 Å². The van der Waals surface area contributed by atoms with Crippen molar-refractivity contribution in [3.8, 4) is 5.75 Å². The first kappa shape index (κ1) is 13.3. The average molecular weight is 283 g/mol. The van der Waals surface area contributed by atoms with E-state index in [9.17, 15) is 19.8 Å². The lowest BCUT2D eigenvalue weighted by Crippen LogP contribution is -2.29. The Morgan fingerprint density at radius 1 is 0.905 bits per heavy atom. The van der Waals surface area contributed by atoms with Crippen LogP contribution >= 0.6 is 0 Å². The van der Waals surface area contributed by atoms with E-state index in [1.54, 1.807) is 36.4 Å². The summed E-state index contributed by atoms with van der Waals surface area (Å²) in [7, 11) is 0. The first-order chi connectivity index (χ1) is 10.1. The Labute approximate surface area is 121 Å². The van der Waals surface area contributed by atoms with Crippen molar-refractivity contribution in [2.45, 2.75) is 13.2 Å². The third kappa shape index (κ3) is 2.08. The Bertz CT molecular complexity index is 704. The quantitative estimate of drug-likeness (QED) is 0.840. The zero-order valence-electron chi connectivity index (χ0n) is 11.1. The topological polar surface area (TPSA) is 77.8 Å². The lowest BCUT2D eigenvalue weighted by atomic mass is 10.1. The number of hydrogen-bond acceptors (Lipinski definition) is 4. The van der Waals surface area contributed by atoms with Crippen molar-refractivity contribution in [3.63, 3.8) is 0 Å². The highest BCUT2D eigenvalue weighted by atomic mass is 16.3. The molecule has 0 unspecified atom stereocenters. The monoisotopic (exact) mass is 283 g/mol. The number of benzene rings is 2. The molecule has 0 saturated carbocycles. The standard InChI is InChI=1S/C16H13NO4/c18-9-13-10(4-3-7-14(13)19)8-17-15(20)11-5-1-2-6-12(11)16(17)21/h1-7,18-19H,8-9H2. The molecule has 21 heavy (non-hydrogen) atoms. The van der Waals surface area contributed by atoms with E-state index in [1.807, 2.05) is 0 Å². The van der Waals surface area contributed by atoms with Crippen LogP contribution in [-0.2, 0) is 13.2 Å². The molecule has 0 aromatic heterocycles. The number of fused-ring (bicyclic) bond motifs is 1. The molecule has 3 rings (SSSR count). The van der Waals surface area contributed by atoms with E-state index in [0.29, 0.717) is 22.3 Å². The Kier molecular flexibility index (Phi) is 3.19. The van der Waals surface area contributed by atoms with Crippen LogP contribution in [0, 0.1) is 0 Å². The molecule has 0 fully saturated rings. The maximum atomic E-state index is 12.3. The summed E-state index contributed by atoms with van der Waals surface area (Å²) in [5, 5.41) is 19.1. The Morgan fingerprint density at radius 2 is 1.52 bits per heavy atom. The number of hydrogen-bond donors (Lipinski definition) is 2. The number of aromatic hydroxyl groups is 1. The highest BCUT2D eigenvalue weighted by Crippen LogP contribution is 2.27. The van der Waals surface area contributed by atoms with Crippen LogP contribution in [0.2, 0.25) is 0 Å². The van der Waals surface area contributed by atoms with Gasteiger partial charge in [0.1, 0.15) is 5.75 Å². The van der Waals surface area contributed by atoms with Gasteiger partial charge in [-0.3, -0.25) is 14.5 Å². The minimum Gasteiger partial charge on any atom is -0.508 e. The van der Waals surface area contributed by atoms with Crippen molar-refractivity contribution < 1.29 is 19.8 Å².